The first-order chi connectivity index (χ1) is 9.11. The van der Waals surface area contributed by atoms with Crippen LogP contribution in [0.25, 0.3) is 5.57 Å². The molecule has 1 aromatic carbocycles. The third-order valence-corrected chi connectivity index (χ3v) is 3.41. The average molecular weight is 344 g/mol. The molecule has 2 N–H and O–H groups in total. The molecule has 1 aromatic heterocycles. The van der Waals surface area contributed by atoms with Crippen molar-refractivity contribution < 1.29 is 4.39 Å². The van der Waals surface area contributed by atoms with Gasteiger partial charge in [0.2, 0.25) is 5.82 Å². The van der Waals surface area contributed by atoms with E-state index in [1.54, 1.807) is 0 Å². The third-order valence-electron chi connectivity index (χ3n) is 2.07. The molecule has 0 atom stereocenters. The molecule has 2 rings (SSSR count). The van der Waals surface area contributed by atoms with Crippen molar-refractivity contribution in [3.8, 4) is 6.07 Å². The standard InChI is InChI=1S/C10H5BrClFN6/c11-9-7(12)1-6(2-8(9)13)15-4-5(3-14)10-16-18-19-17-10/h1-2,4,15H,(H,16,17,18,19). The molecule has 0 aliphatic rings. The molecule has 0 saturated heterocycles. The number of allylic oxidation sites excluding steroid dienone is 1. The van der Waals surface area contributed by atoms with E-state index in [0.717, 1.165) is 0 Å². The number of aromatic amines is 1. The molecule has 0 unspecified atom stereocenters. The molecule has 0 saturated carbocycles. The summed E-state index contributed by atoms with van der Waals surface area (Å²) in [6, 6.07) is 4.64. The summed E-state index contributed by atoms with van der Waals surface area (Å²) in [6.07, 6.45) is 1.34. The van der Waals surface area contributed by atoms with Gasteiger partial charge in [0, 0.05) is 11.9 Å². The normalized spacial score (nSPS) is 11.2. The van der Waals surface area contributed by atoms with E-state index in [1.165, 1.54) is 18.3 Å². The average Bonchev–Trinajstić information content (AvgIpc) is 2.90. The second kappa shape index (κ2) is 5.77. The first kappa shape index (κ1) is 13.5. The second-order valence-corrected chi connectivity index (χ2v) is 4.50. The number of benzene rings is 1. The largest absolute Gasteiger partial charge is 0.360 e. The molecule has 0 aliphatic carbocycles. The lowest BCUT2D eigenvalue weighted by Gasteiger charge is -2.04. The highest BCUT2D eigenvalue weighted by Crippen LogP contribution is 2.29. The predicted molar refractivity (Wildman–Crippen MR) is 70.5 cm³/mol. The maximum Gasteiger partial charge on any atom is 0.216 e. The van der Waals surface area contributed by atoms with E-state index in [-0.39, 0.29) is 20.9 Å². The summed E-state index contributed by atoms with van der Waals surface area (Å²) in [6.45, 7) is 0. The summed E-state index contributed by atoms with van der Waals surface area (Å²) < 4.78 is 13.6. The number of H-pyrrole nitrogens is 1. The van der Waals surface area contributed by atoms with Crippen LogP contribution < -0.4 is 5.32 Å². The first-order valence-electron chi connectivity index (χ1n) is 4.87. The molecule has 0 aliphatic heterocycles. The number of nitriles is 1. The van der Waals surface area contributed by atoms with Gasteiger partial charge < -0.3 is 5.32 Å². The highest BCUT2D eigenvalue weighted by atomic mass is 79.9. The van der Waals surface area contributed by atoms with E-state index in [0.29, 0.717) is 5.69 Å². The third kappa shape index (κ3) is 3.07. The molecular formula is C10H5BrClFN6. The predicted octanol–water partition coefficient (Wildman–Crippen LogP) is 2.73. The molecule has 6 nitrogen and oxygen atoms in total. The maximum absolute atomic E-state index is 13.4. The van der Waals surface area contributed by atoms with Crippen molar-refractivity contribution in [3.05, 3.63) is 39.5 Å². The van der Waals surface area contributed by atoms with Crippen molar-refractivity contribution in [1.82, 2.24) is 20.6 Å². The summed E-state index contributed by atoms with van der Waals surface area (Å²) in [5.41, 5.74) is 0.537. The van der Waals surface area contributed by atoms with Gasteiger partial charge in [-0.1, -0.05) is 11.6 Å². The van der Waals surface area contributed by atoms with Gasteiger partial charge in [-0.05, 0) is 33.3 Å². The van der Waals surface area contributed by atoms with Gasteiger partial charge in [0.1, 0.15) is 17.5 Å². The minimum atomic E-state index is -0.513. The van der Waals surface area contributed by atoms with Crippen LogP contribution in [0.4, 0.5) is 10.1 Å². The Morgan fingerprint density at radius 1 is 1.58 bits per heavy atom. The van der Waals surface area contributed by atoms with Crippen LogP contribution in [0.15, 0.2) is 22.8 Å². The van der Waals surface area contributed by atoms with Gasteiger partial charge in [0.15, 0.2) is 0 Å². The lowest BCUT2D eigenvalue weighted by molar-refractivity contribution is 0.622. The number of hydrogen-bond donors (Lipinski definition) is 2. The Morgan fingerprint density at radius 3 is 2.95 bits per heavy atom. The molecule has 0 spiro atoms. The Bertz CT molecular complexity index is 640. The van der Waals surface area contributed by atoms with Crippen LogP contribution in [0.3, 0.4) is 0 Å². The fraction of sp³-hybridized carbons (Fsp3) is 0. The summed E-state index contributed by atoms with van der Waals surface area (Å²) >= 11 is 8.82. The number of anilines is 1. The van der Waals surface area contributed by atoms with Gasteiger partial charge in [-0.2, -0.15) is 10.5 Å². The Hall–Kier alpha value is -1.98. The van der Waals surface area contributed by atoms with Crippen LogP contribution in [0, 0.1) is 17.1 Å². The molecule has 0 amide bonds. The van der Waals surface area contributed by atoms with Crippen molar-refractivity contribution in [3.63, 3.8) is 0 Å². The second-order valence-electron chi connectivity index (χ2n) is 3.30. The Balaban J connectivity index is 2.25. The van der Waals surface area contributed by atoms with Gasteiger partial charge in [0.05, 0.1) is 9.50 Å². The fourth-order valence-electron chi connectivity index (χ4n) is 1.22. The highest BCUT2D eigenvalue weighted by molar-refractivity contribution is 9.10. The molecule has 1 heterocycles. The van der Waals surface area contributed by atoms with E-state index in [9.17, 15) is 4.39 Å². The molecule has 0 radical (unpaired) electrons. The molecular weight excluding hydrogens is 339 g/mol. The SMILES string of the molecule is N#CC(=CNc1cc(F)c(Br)c(Cl)c1)c1nn[nH]n1. The summed E-state index contributed by atoms with van der Waals surface area (Å²) in [7, 11) is 0. The smallest absolute Gasteiger partial charge is 0.216 e. The van der Waals surface area contributed by atoms with E-state index in [1.807, 2.05) is 6.07 Å². The van der Waals surface area contributed by atoms with Crippen molar-refractivity contribution >= 4 is 38.8 Å². The van der Waals surface area contributed by atoms with Crippen LogP contribution in [-0.4, -0.2) is 20.6 Å². The van der Waals surface area contributed by atoms with Gasteiger partial charge in [-0.25, -0.2) is 4.39 Å². The van der Waals surface area contributed by atoms with E-state index in [4.69, 9.17) is 16.9 Å². The minimum Gasteiger partial charge on any atom is -0.360 e. The van der Waals surface area contributed by atoms with Gasteiger partial charge in [-0.15, -0.1) is 10.2 Å². The van der Waals surface area contributed by atoms with E-state index < -0.39 is 5.82 Å². The van der Waals surface area contributed by atoms with Crippen molar-refractivity contribution in [2.24, 2.45) is 0 Å². The molecule has 19 heavy (non-hydrogen) atoms. The van der Waals surface area contributed by atoms with Gasteiger partial charge in [0.25, 0.3) is 0 Å². The van der Waals surface area contributed by atoms with Gasteiger partial charge >= 0.3 is 0 Å². The van der Waals surface area contributed by atoms with Gasteiger partial charge in [-0.3, -0.25) is 0 Å². The number of nitrogens with zero attached hydrogens (tertiary/aromatic N) is 4. The zero-order valence-electron chi connectivity index (χ0n) is 9.15. The number of rotatable bonds is 3. The topological polar surface area (TPSA) is 90.3 Å². The minimum absolute atomic E-state index is 0.138. The van der Waals surface area contributed by atoms with Crippen LogP contribution in [0.5, 0.6) is 0 Å². The van der Waals surface area contributed by atoms with E-state index in [2.05, 4.69) is 41.9 Å². The van der Waals surface area contributed by atoms with Crippen LogP contribution in [0.2, 0.25) is 5.02 Å². The monoisotopic (exact) mass is 342 g/mol. The summed E-state index contributed by atoms with van der Waals surface area (Å²) in [5, 5.41) is 24.8. The van der Waals surface area contributed by atoms with Crippen molar-refractivity contribution in [2.45, 2.75) is 0 Å². The summed E-state index contributed by atoms with van der Waals surface area (Å²) in [4.78, 5) is 0. The maximum atomic E-state index is 13.4. The first-order valence-corrected chi connectivity index (χ1v) is 6.04. The van der Waals surface area contributed by atoms with Crippen LogP contribution in [-0.2, 0) is 0 Å². The number of nitrogens with one attached hydrogen (secondary N) is 2. The molecule has 96 valence electrons. The Labute approximate surface area is 120 Å². The number of aromatic nitrogens is 4. The van der Waals surface area contributed by atoms with Crippen molar-refractivity contribution in [1.29, 1.82) is 5.26 Å². The van der Waals surface area contributed by atoms with E-state index >= 15 is 0 Å². The summed E-state index contributed by atoms with van der Waals surface area (Å²) in [5.74, 6) is -0.375. The molecule has 9 heteroatoms. The van der Waals surface area contributed by atoms with Crippen LogP contribution in [0.1, 0.15) is 5.82 Å². The molecule has 0 bridgehead atoms. The highest BCUT2D eigenvalue weighted by Gasteiger charge is 2.08. The Kier molecular flexibility index (Phi) is 4.09. The number of halogens is 3. The fourth-order valence-corrected chi connectivity index (χ4v) is 1.65. The zero-order chi connectivity index (χ0) is 13.8. The lowest BCUT2D eigenvalue weighted by atomic mass is 10.3. The quantitative estimate of drug-likeness (QED) is 0.660. The Morgan fingerprint density at radius 2 is 2.37 bits per heavy atom. The lowest BCUT2D eigenvalue weighted by Crippen LogP contribution is -1.94. The van der Waals surface area contributed by atoms with Crippen molar-refractivity contribution in [2.75, 3.05) is 5.32 Å². The zero-order valence-corrected chi connectivity index (χ0v) is 11.5. The number of hydrogen-bond acceptors (Lipinski definition) is 5. The molecule has 0 fully saturated rings. The molecule has 2 aromatic rings. The number of tetrazole rings is 1. The van der Waals surface area contributed by atoms with Crippen LogP contribution >= 0.6 is 27.5 Å².